The summed E-state index contributed by atoms with van der Waals surface area (Å²) in [6.07, 6.45) is 1.34. The van der Waals surface area contributed by atoms with Gasteiger partial charge in [0.05, 0.1) is 5.69 Å². The van der Waals surface area contributed by atoms with Crippen LogP contribution in [0.4, 0.5) is 5.69 Å². The minimum Gasteiger partial charge on any atom is -0.480 e. The molecule has 3 nitrogen and oxygen atoms in total. The van der Waals surface area contributed by atoms with Gasteiger partial charge in [-0.1, -0.05) is 18.2 Å². The highest BCUT2D eigenvalue weighted by molar-refractivity contribution is 6.27. The van der Waals surface area contributed by atoms with Gasteiger partial charge >= 0.3 is 5.97 Å². The van der Waals surface area contributed by atoms with Crippen molar-refractivity contribution in [3.8, 4) is 0 Å². The summed E-state index contributed by atoms with van der Waals surface area (Å²) in [5.74, 6) is -0.866. The lowest BCUT2D eigenvalue weighted by atomic mass is 9.98. The predicted octanol–water partition coefficient (Wildman–Crippen LogP) is 2.05. The number of para-hydroxylation sites is 1. The summed E-state index contributed by atoms with van der Waals surface area (Å²) < 4.78 is 1.32. The Bertz CT molecular complexity index is 367. The minimum absolute atomic E-state index is 0.565. The zero-order valence-corrected chi connectivity index (χ0v) is 8.24. The van der Waals surface area contributed by atoms with Crippen molar-refractivity contribution in [1.82, 2.24) is 0 Å². The predicted molar refractivity (Wildman–Crippen MR) is 54.5 cm³/mol. The largest absolute Gasteiger partial charge is 0.480 e. The highest BCUT2D eigenvalue weighted by atomic mass is 35.5. The molecule has 0 saturated heterocycles. The number of benzene rings is 1. The zero-order valence-electron chi connectivity index (χ0n) is 7.48. The number of aryl methyl sites for hydroxylation is 1. The van der Waals surface area contributed by atoms with Crippen LogP contribution in [0.3, 0.4) is 0 Å². The Morgan fingerprint density at radius 1 is 1.50 bits per heavy atom. The highest BCUT2D eigenvalue weighted by Gasteiger charge is 2.30. The third-order valence-electron chi connectivity index (χ3n) is 2.47. The molecule has 0 aliphatic carbocycles. The maximum Gasteiger partial charge on any atom is 0.327 e. The zero-order chi connectivity index (χ0) is 10.1. The highest BCUT2D eigenvalue weighted by Crippen LogP contribution is 2.31. The van der Waals surface area contributed by atoms with Gasteiger partial charge in [-0.25, -0.2) is 4.79 Å². The van der Waals surface area contributed by atoms with E-state index in [4.69, 9.17) is 16.9 Å². The van der Waals surface area contributed by atoms with Gasteiger partial charge < -0.3 is 5.11 Å². The van der Waals surface area contributed by atoms with E-state index < -0.39 is 12.0 Å². The number of carboxylic acid groups (broad SMARTS) is 1. The Kier molecular flexibility index (Phi) is 2.33. The number of hydrogen-bond donors (Lipinski definition) is 1. The van der Waals surface area contributed by atoms with E-state index in [1.807, 2.05) is 24.3 Å². The fourth-order valence-electron chi connectivity index (χ4n) is 1.72. The van der Waals surface area contributed by atoms with Gasteiger partial charge in [-0.05, 0) is 24.5 Å². The lowest BCUT2D eigenvalue weighted by Gasteiger charge is -2.30. The Hall–Kier alpha value is -1.22. The molecule has 0 radical (unpaired) electrons. The van der Waals surface area contributed by atoms with Crippen LogP contribution in [0.1, 0.15) is 12.0 Å². The van der Waals surface area contributed by atoms with Crippen LogP contribution < -0.4 is 4.42 Å². The SMILES string of the molecule is O=C(O)C1CCc2ccccc2N1Cl. The van der Waals surface area contributed by atoms with Gasteiger partial charge in [0.1, 0.15) is 6.04 Å². The molecule has 0 amide bonds. The lowest BCUT2D eigenvalue weighted by Crippen LogP contribution is -2.38. The molecular weight excluding hydrogens is 202 g/mol. The second-order valence-electron chi connectivity index (χ2n) is 3.33. The van der Waals surface area contributed by atoms with Crippen LogP contribution >= 0.6 is 11.8 Å². The normalized spacial score (nSPS) is 20.4. The van der Waals surface area contributed by atoms with Gasteiger partial charge in [0.25, 0.3) is 0 Å². The number of aliphatic carboxylic acids is 1. The Morgan fingerprint density at radius 2 is 2.21 bits per heavy atom. The quantitative estimate of drug-likeness (QED) is 0.723. The molecule has 2 rings (SSSR count). The van der Waals surface area contributed by atoms with Gasteiger partial charge in [0, 0.05) is 11.8 Å². The first-order chi connectivity index (χ1) is 6.70. The number of anilines is 1. The number of carboxylic acids is 1. The van der Waals surface area contributed by atoms with Crippen LogP contribution in [0.5, 0.6) is 0 Å². The fourth-order valence-corrected chi connectivity index (χ4v) is 2.07. The van der Waals surface area contributed by atoms with Crippen molar-refractivity contribution < 1.29 is 9.90 Å². The van der Waals surface area contributed by atoms with Crippen LogP contribution in [-0.2, 0) is 11.2 Å². The van der Waals surface area contributed by atoms with Crippen molar-refractivity contribution in [3.63, 3.8) is 0 Å². The number of hydrogen-bond acceptors (Lipinski definition) is 2. The molecule has 1 aliphatic heterocycles. The van der Waals surface area contributed by atoms with E-state index in [-0.39, 0.29) is 0 Å². The third-order valence-corrected chi connectivity index (χ3v) is 2.89. The van der Waals surface area contributed by atoms with Crippen LogP contribution in [0, 0.1) is 0 Å². The van der Waals surface area contributed by atoms with Crippen molar-refractivity contribution in [2.24, 2.45) is 0 Å². The summed E-state index contributed by atoms with van der Waals surface area (Å²) in [5, 5.41) is 8.91. The van der Waals surface area contributed by atoms with Gasteiger partial charge in [0.2, 0.25) is 0 Å². The Labute approximate surface area is 87.0 Å². The maximum atomic E-state index is 10.8. The second kappa shape index (κ2) is 3.50. The van der Waals surface area contributed by atoms with Crippen LogP contribution in [-0.4, -0.2) is 17.1 Å². The summed E-state index contributed by atoms with van der Waals surface area (Å²) in [6.45, 7) is 0. The van der Waals surface area contributed by atoms with E-state index in [1.165, 1.54) is 4.42 Å². The molecule has 1 aromatic rings. The van der Waals surface area contributed by atoms with E-state index in [2.05, 4.69) is 0 Å². The monoisotopic (exact) mass is 211 g/mol. The standard InChI is InChI=1S/C10H10ClNO2/c11-12-8-4-2-1-3-7(8)5-6-9(12)10(13)14/h1-4,9H,5-6H2,(H,13,14). The van der Waals surface area contributed by atoms with Gasteiger partial charge in [-0.2, -0.15) is 0 Å². The van der Waals surface area contributed by atoms with Gasteiger partial charge in [0.15, 0.2) is 0 Å². The van der Waals surface area contributed by atoms with E-state index >= 15 is 0 Å². The van der Waals surface area contributed by atoms with Crippen molar-refractivity contribution in [1.29, 1.82) is 0 Å². The number of carbonyl (C=O) groups is 1. The Morgan fingerprint density at radius 3 is 2.93 bits per heavy atom. The summed E-state index contributed by atoms with van der Waals surface area (Å²) in [5.41, 5.74) is 1.92. The van der Waals surface area contributed by atoms with Crippen molar-refractivity contribution in [2.75, 3.05) is 4.42 Å². The molecule has 0 bridgehead atoms. The number of nitrogens with zero attached hydrogens (tertiary/aromatic N) is 1. The number of halogens is 1. The van der Waals surface area contributed by atoms with E-state index in [0.29, 0.717) is 6.42 Å². The molecule has 74 valence electrons. The van der Waals surface area contributed by atoms with Crippen molar-refractivity contribution >= 4 is 23.4 Å². The van der Waals surface area contributed by atoms with E-state index in [1.54, 1.807) is 0 Å². The van der Waals surface area contributed by atoms with Gasteiger partial charge in [-0.3, -0.25) is 4.42 Å². The summed E-state index contributed by atoms with van der Waals surface area (Å²) in [6, 6.07) is 7.01. The molecule has 0 aromatic heterocycles. The first-order valence-corrected chi connectivity index (χ1v) is 4.79. The minimum atomic E-state index is -0.866. The third kappa shape index (κ3) is 1.44. The summed E-state index contributed by atoms with van der Waals surface area (Å²) in [4.78, 5) is 10.8. The first-order valence-electron chi connectivity index (χ1n) is 4.46. The summed E-state index contributed by atoms with van der Waals surface area (Å²) in [7, 11) is 0. The second-order valence-corrected chi connectivity index (χ2v) is 3.70. The lowest BCUT2D eigenvalue weighted by molar-refractivity contribution is -0.138. The van der Waals surface area contributed by atoms with Crippen LogP contribution in [0.2, 0.25) is 0 Å². The topological polar surface area (TPSA) is 40.5 Å². The number of fused-ring (bicyclic) bond motifs is 1. The van der Waals surface area contributed by atoms with Crippen molar-refractivity contribution in [3.05, 3.63) is 29.8 Å². The molecule has 0 spiro atoms. The maximum absolute atomic E-state index is 10.8. The average Bonchev–Trinajstić information content (AvgIpc) is 2.18. The molecule has 0 saturated carbocycles. The van der Waals surface area contributed by atoms with E-state index in [9.17, 15) is 4.79 Å². The van der Waals surface area contributed by atoms with E-state index in [0.717, 1.165) is 17.7 Å². The van der Waals surface area contributed by atoms with Crippen LogP contribution in [0.25, 0.3) is 0 Å². The molecule has 1 atom stereocenters. The smallest absolute Gasteiger partial charge is 0.327 e. The van der Waals surface area contributed by atoms with Crippen molar-refractivity contribution in [2.45, 2.75) is 18.9 Å². The number of rotatable bonds is 1. The molecule has 4 heteroatoms. The Balaban J connectivity index is 2.36. The van der Waals surface area contributed by atoms with Crippen LogP contribution in [0.15, 0.2) is 24.3 Å². The molecule has 14 heavy (non-hydrogen) atoms. The first kappa shape index (κ1) is 9.34. The van der Waals surface area contributed by atoms with Gasteiger partial charge in [-0.15, -0.1) is 0 Å². The molecule has 1 N–H and O–H groups in total. The fraction of sp³-hybridized carbons (Fsp3) is 0.300. The molecular formula is C10H10ClNO2. The molecule has 1 heterocycles. The molecule has 1 aromatic carbocycles. The summed E-state index contributed by atoms with van der Waals surface area (Å²) >= 11 is 5.96. The molecule has 1 aliphatic rings. The average molecular weight is 212 g/mol. The molecule has 1 unspecified atom stereocenters. The molecule has 0 fully saturated rings.